The van der Waals surface area contributed by atoms with Gasteiger partial charge in [-0.15, -0.1) is 0 Å². The van der Waals surface area contributed by atoms with Crippen molar-refractivity contribution in [3.8, 4) is 0 Å². The van der Waals surface area contributed by atoms with Crippen LogP contribution in [0.15, 0.2) is 18.7 Å². The average Bonchev–Trinajstić information content (AvgIpc) is 3.24. The van der Waals surface area contributed by atoms with Gasteiger partial charge in [-0.25, -0.2) is 9.97 Å². The number of hydrogen-bond acceptors (Lipinski definition) is 5. The Morgan fingerprint density at radius 1 is 1.31 bits per heavy atom. The third-order valence-electron chi connectivity index (χ3n) is 5.45. The van der Waals surface area contributed by atoms with Gasteiger partial charge in [-0.05, 0) is 38.5 Å². The van der Waals surface area contributed by atoms with Crippen molar-refractivity contribution < 1.29 is 4.79 Å². The van der Waals surface area contributed by atoms with Crippen molar-refractivity contribution in [2.45, 2.75) is 57.5 Å². The molecule has 3 heterocycles. The third-order valence-corrected chi connectivity index (χ3v) is 5.74. The van der Waals surface area contributed by atoms with Gasteiger partial charge in [-0.3, -0.25) is 9.48 Å². The molecule has 0 radical (unpaired) electrons. The normalized spacial score (nSPS) is 20.2. The summed E-state index contributed by atoms with van der Waals surface area (Å²) in [5.74, 6) is 0.467. The molecule has 2 aromatic rings. The zero-order valence-electron chi connectivity index (χ0n) is 14.9. The molecule has 1 aliphatic heterocycles. The van der Waals surface area contributed by atoms with E-state index < -0.39 is 0 Å². The lowest BCUT2D eigenvalue weighted by atomic mass is 9.93. The number of amides is 1. The highest BCUT2D eigenvalue weighted by Crippen LogP contribution is 2.35. The minimum absolute atomic E-state index is 0.235. The van der Waals surface area contributed by atoms with Crippen molar-refractivity contribution in [3.05, 3.63) is 29.4 Å². The first-order valence-electron chi connectivity index (χ1n) is 9.30. The van der Waals surface area contributed by atoms with E-state index in [-0.39, 0.29) is 11.1 Å². The lowest BCUT2D eigenvalue weighted by molar-refractivity contribution is 0.102. The monoisotopic (exact) mass is 374 g/mol. The maximum atomic E-state index is 12.7. The van der Waals surface area contributed by atoms with Crippen molar-refractivity contribution in [1.82, 2.24) is 19.7 Å². The molecule has 2 aliphatic rings. The van der Waals surface area contributed by atoms with E-state index in [1.54, 1.807) is 12.4 Å². The first-order chi connectivity index (χ1) is 12.7. The van der Waals surface area contributed by atoms with Gasteiger partial charge in [0.25, 0.3) is 5.91 Å². The van der Waals surface area contributed by atoms with E-state index in [2.05, 4.69) is 32.2 Å². The van der Waals surface area contributed by atoms with Crippen molar-refractivity contribution in [1.29, 1.82) is 0 Å². The van der Waals surface area contributed by atoms with Gasteiger partial charge < -0.3 is 10.2 Å². The lowest BCUT2D eigenvalue weighted by Gasteiger charge is -2.27. The molecule has 1 amide bonds. The number of anilines is 2. The van der Waals surface area contributed by atoms with Gasteiger partial charge >= 0.3 is 0 Å². The van der Waals surface area contributed by atoms with Gasteiger partial charge in [-0.2, -0.15) is 5.10 Å². The number of nitrogens with zero attached hydrogens (tertiary/aromatic N) is 5. The average molecular weight is 375 g/mol. The highest BCUT2D eigenvalue weighted by molar-refractivity contribution is 6.33. The molecule has 138 valence electrons. The van der Waals surface area contributed by atoms with E-state index in [1.165, 1.54) is 12.7 Å². The van der Waals surface area contributed by atoms with Crippen LogP contribution in [-0.4, -0.2) is 38.2 Å². The Bertz CT molecular complexity index is 803. The fourth-order valence-corrected chi connectivity index (χ4v) is 3.89. The predicted molar refractivity (Wildman–Crippen MR) is 101 cm³/mol. The molecular formula is C18H23ClN6O. The predicted octanol–water partition coefficient (Wildman–Crippen LogP) is 3.68. The second-order valence-electron chi connectivity index (χ2n) is 7.01. The fourth-order valence-electron chi connectivity index (χ4n) is 3.71. The van der Waals surface area contributed by atoms with Crippen LogP contribution >= 0.6 is 11.6 Å². The molecule has 1 saturated heterocycles. The Hall–Kier alpha value is -2.15. The standard InChI is InChI=1S/C18H23ClN6O/c1-2-13-7-4-8-24(13)17-15(16(19)20-11-21-17)23-18(26)12-9-22-25(10-12)14-5-3-6-14/h9-11,13-14H,2-8H2,1H3,(H,23,26)/t13-/m0/s1. The number of aromatic nitrogens is 4. The molecule has 1 atom stereocenters. The van der Waals surface area contributed by atoms with Crippen LogP contribution in [0, 0.1) is 0 Å². The molecule has 0 spiro atoms. The van der Waals surface area contributed by atoms with Gasteiger partial charge in [0.2, 0.25) is 0 Å². The fraction of sp³-hybridized carbons (Fsp3) is 0.556. The van der Waals surface area contributed by atoms with Crippen LogP contribution in [0.25, 0.3) is 0 Å². The zero-order valence-corrected chi connectivity index (χ0v) is 15.6. The summed E-state index contributed by atoms with van der Waals surface area (Å²) in [6.45, 7) is 3.08. The van der Waals surface area contributed by atoms with Crippen molar-refractivity contribution in [3.63, 3.8) is 0 Å². The Kier molecular flexibility index (Phi) is 4.80. The van der Waals surface area contributed by atoms with E-state index >= 15 is 0 Å². The summed E-state index contributed by atoms with van der Waals surface area (Å²) >= 11 is 6.30. The van der Waals surface area contributed by atoms with Crippen molar-refractivity contribution in [2.24, 2.45) is 0 Å². The molecule has 0 bridgehead atoms. The van der Waals surface area contributed by atoms with Crippen LogP contribution < -0.4 is 10.2 Å². The number of carbonyl (C=O) groups is 1. The van der Waals surface area contributed by atoms with Gasteiger partial charge in [0.1, 0.15) is 12.0 Å². The summed E-state index contributed by atoms with van der Waals surface area (Å²) in [5, 5.41) is 7.50. The molecule has 26 heavy (non-hydrogen) atoms. The number of hydrogen-bond donors (Lipinski definition) is 1. The summed E-state index contributed by atoms with van der Waals surface area (Å²) in [4.78, 5) is 23.4. The molecule has 1 saturated carbocycles. The number of carbonyl (C=O) groups excluding carboxylic acids is 1. The van der Waals surface area contributed by atoms with Gasteiger partial charge in [0, 0.05) is 18.8 Å². The molecule has 8 heteroatoms. The summed E-state index contributed by atoms with van der Waals surface area (Å²) in [7, 11) is 0. The van der Waals surface area contributed by atoms with Crippen LogP contribution in [-0.2, 0) is 0 Å². The highest BCUT2D eigenvalue weighted by Gasteiger charge is 2.28. The summed E-state index contributed by atoms with van der Waals surface area (Å²) < 4.78 is 1.88. The minimum Gasteiger partial charge on any atom is -0.352 e. The summed E-state index contributed by atoms with van der Waals surface area (Å²) in [5.41, 5.74) is 1.01. The Labute approximate surface area is 157 Å². The molecule has 7 nitrogen and oxygen atoms in total. The van der Waals surface area contributed by atoms with Gasteiger partial charge in [0.15, 0.2) is 11.0 Å². The van der Waals surface area contributed by atoms with Gasteiger partial charge in [-0.1, -0.05) is 18.5 Å². The number of rotatable bonds is 5. The van der Waals surface area contributed by atoms with Crippen molar-refractivity contribution in [2.75, 3.05) is 16.8 Å². The summed E-state index contributed by atoms with van der Waals surface area (Å²) in [6.07, 6.45) is 11.6. The topological polar surface area (TPSA) is 75.9 Å². The smallest absolute Gasteiger partial charge is 0.259 e. The number of nitrogens with one attached hydrogen (secondary N) is 1. The molecule has 0 aromatic carbocycles. The van der Waals surface area contributed by atoms with Gasteiger partial charge in [0.05, 0.1) is 17.8 Å². The first-order valence-corrected chi connectivity index (χ1v) is 9.67. The Morgan fingerprint density at radius 3 is 2.88 bits per heavy atom. The number of halogens is 1. The second kappa shape index (κ2) is 7.23. The molecule has 2 aromatic heterocycles. The molecule has 1 aliphatic carbocycles. The van der Waals surface area contributed by atoms with Crippen LogP contribution in [0.5, 0.6) is 0 Å². The largest absolute Gasteiger partial charge is 0.352 e. The van der Waals surface area contributed by atoms with Crippen LogP contribution in [0.3, 0.4) is 0 Å². The second-order valence-corrected chi connectivity index (χ2v) is 7.37. The summed E-state index contributed by atoms with van der Waals surface area (Å²) in [6, 6.07) is 0.837. The van der Waals surface area contributed by atoms with E-state index in [4.69, 9.17) is 11.6 Å². The van der Waals surface area contributed by atoms with Crippen molar-refractivity contribution >= 4 is 29.0 Å². The molecule has 1 N–H and O–H groups in total. The van der Waals surface area contributed by atoms with Crippen LogP contribution in [0.4, 0.5) is 11.5 Å². The Balaban J connectivity index is 1.57. The zero-order chi connectivity index (χ0) is 18.1. The highest BCUT2D eigenvalue weighted by atomic mass is 35.5. The minimum atomic E-state index is -0.235. The van der Waals surface area contributed by atoms with E-state index in [1.807, 2.05) is 4.68 Å². The molecule has 4 rings (SSSR count). The molecule has 2 fully saturated rings. The maximum absolute atomic E-state index is 12.7. The SMILES string of the molecule is CC[C@H]1CCCN1c1ncnc(Cl)c1NC(=O)c1cnn(C2CCC2)c1. The first kappa shape index (κ1) is 17.3. The molecular weight excluding hydrogens is 352 g/mol. The lowest BCUT2D eigenvalue weighted by Crippen LogP contribution is -2.30. The quantitative estimate of drug-likeness (QED) is 0.808. The van der Waals surface area contributed by atoms with Crippen LogP contribution in [0.1, 0.15) is 61.8 Å². The van der Waals surface area contributed by atoms with Crippen LogP contribution in [0.2, 0.25) is 5.15 Å². The van der Waals surface area contributed by atoms with E-state index in [0.717, 1.165) is 38.6 Å². The maximum Gasteiger partial charge on any atom is 0.259 e. The Morgan fingerprint density at radius 2 is 2.15 bits per heavy atom. The molecule has 0 unspecified atom stereocenters. The van der Waals surface area contributed by atoms with E-state index in [9.17, 15) is 4.79 Å². The van der Waals surface area contributed by atoms with E-state index in [0.29, 0.717) is 29.2 Å². The third kappa shape index (κ3) is 3.16.